The Kier molecular flexibility index (Phi) is 3.95. The summed E-state index contributed by atoms with van der Waals surface area (Å²) >= 11 is 3.54. The minimum Gasteiger partial charge on any atom is -0.390 e. The maximum absolute atomic E-state index is 9.40. The first-order valence-corrected chi connectivity index (χ1v) is 8.32. The molecule has 7 heteroatoms. The number of amidine groups is 1. The van der Waals surface area contributed by atoms with Crippen LogP contribution in [-0.2, 0) is 0 Å². The Labute approximate surface area is 147 Å². The number of rotatable bonds is 2. The van der Waals surface area contributed by atoms with E-state index < -0.39 is 0 Å². The minimum absolute atomic E-state index is 0.104. The maximum atomic E-state index is 9.40. The van der Waals surface area contributed by atoms with Gasteiger partial charge in [-0.1, -0.05) is 22.0 Å². The second-order valence-corrected chi connectivity index (χ2v) is 6.38. The van der Waals surface area contributed by atoms with E-state index in [4.69, 9.17) is 4.99 Å². The summed E-state index contributed by atoms with van der Waals surface area (Å²) in [5, 5.41) is 17.7. The summed E-state index contributed by atoms with van der Waals surface area (Å²) in [5.74, 6) is 0.765. The fourth-order valence-corrected chi connectivity index (χ4v) is 3.16. The van der Waals surface area contributed by atoms with Crippen molar-refractivity contribution in [2.24, 2.45) is 15.2 Å². The number of aromatic nitrogens is 1. The first-order valence-electron chi connectivity index (χ1n) is 7.52. The SMILES string of the molecule is OCC1=NN=C2CN=C(c3ccccn3)c3cc(Br)ccc3N2C1. The van der Waals surface area contributed by atoms with Gasteiger partial charge in [0, 0.05) is 16.2 Å². The van der Waals surface area contributed by atoms with Crippen LogP contribution < -0.4 is 4.90 Å². The molecule has 1 aromatic carbocycles. The average molecular weight is 384 g/mol. The van der Waals surface area contributed by atoms with Crippen molar-refractivity contribution < 1.29 is 5.11 Å². The van der Waals surface area contributed by atoms with Gasteiger partial charge in [0.25, 0.3) is 0 Å². The lowest BCUT2D eigenvalue weighted by Crippen LogP contribution is -2.40. The van der Waals surface area contributed by atoms with Gasteiger partial charge in [-0.25, -0.2) is 0 Å². The predicted octanol–water partition coefficient (Wildman–Crippen LogP) is 2.26. The number of aliphatic hydroxyl groups excluding tert-OH is 1. The summed E-state index contributed by atoms with van der Waals surface area (Å²) in [6.45, 7) is 0.822. The number of hydrogen-bond acceptors (Lipinski definition) is 6. The van der Waals surface area contributed by atoms with Gasteiger partial charge in [0.15, 0.2) is 5.84 Å². The highest BCUT2D eigenvalue weighted by molar-refractivity contribution is 9.10. The zero-order valence-electron chi connectivity index (χ0n) is 12.7. The van der Waals surface area contributed by atoms with Crippen LogP contribution in [0.3, 0.4) is 0 Å². The fourth-order valence-electron chi connectivity index (χ4n) is 2.80. The summed E-state index contributed by atoms with van der Waals surface area (Å²) in [4.78, 5) is 11.2. The van der Waals surface area contributed by atoms with E-state index in [1.807, 2.05) is 36.4 Å². The van der Waals surface area contributed by atoms with Crippen LogP contribution in [0.4, 0.5) is 5.69 Å². The highest BCUT2D eigenvalue weighted by Crippen LogP contribution is 2.30. The molecule has 0 bridgehead atoms. The first kappa shape index (κ1) is 15.2. The Balaban J connectivity index is 1.89. The van der Waals surface area contributed by atoms with Crippen molar-refractivity contribution >= 4 is 38.9 Å². The molecule has 0 atom stereocenters. The van der Waals surface area contributed by atoms with Crippen molar-refractivity contribution in [2.75, 3.05) is 24.6 Å². The van der Waals surface area contributed by atoms with Crippen LogP contribution in [0.25, 0.3) is 0 Å². The number of pyridine rings is 1. The summed E-state index contributed by atoms with van der Waals surface area (Å²) in [6.07, 6.45) is 1.76. The van der Waals surface area contributed by atoms with Crippen LogP contribution in [0.2, 0.25) is 0 Å². The first-order chi connectivity index (χ1) is 11.8. The summed E-state index contributed by atoms with van der Waals surface area (Å²) < 4.78 is 0.971. The number of aliphatic hydroxyl groups is 1. The van der Waals surface area contributed by atoms with Gasteiger partial charge >= 0.3 is 0 Å². The Hall–Kier alpha value is -2.38. The van der Waals surface area contributed by atoms with Crippen molar-refractivity contribution in [3.63, 3.8) is 0 Å². The smallest absolute Gasteiger partial charge is 0.154 e. The lowest BCUT2D eigenvalue weighted by molar-refractivity contribution is 0.355. The molecule has 1 aromatic heterocycles. The fraction of sp³-hybridized carbons (Fsp3) is 0.176. The normalized spacial score (nSPS) is 16.4. The van der Waals surface area contributed by atoms with Crippen LogP contribution in [0.1, 0.15) is 11.3 Å². The van der Waals surface area contributed by atoms with Gasteiger partial charge < -0.3 is 10.0 Å². The third kappa shape index (κ3) is 2.65. The largest absolute Gasteiger partial charge is 0.390 e. The van der Waals surface area contributed by atoms with Crippen molar-refractivity contribution in [1.82, 2.24) is 4.98 Å². The highest BCUT2D eigenvalue weighted by Gasteiger charge is 2.27. The van der Waals surface area contributed by atoms with E-state index in [-0.39, 0.29) is 6.61 Å². The zero-order valence-corrected chi connectivity index (χ0v) is 14.3. The second kappa shape index (κ2) is 6.26. The molecule has 0 saturated heterocycles. The molecule has 2 aromatic rings. The molecule has 6 nitrogen and oxygen atoms in total. The second-order valence-electron chi connectivity index (χ2n) is 5.47. The summed E-state index contributed by atoms with van der Waals surface area (Å²) in [7, 11) is 0. The van der Waals surface area contributed by atoms with Gasteiger partial charge in [-0.3, -0.25) is 9.98 Å². The van der Waals surface area contributed by atoms with E-state index in [9.17, 15) is 5.11 Å². The Bertz CT molecular complexity index is 876. The van der Waals surface area contributed by atoms with E-state index >= 15 is 0 Å². The van der Waals surface area contributed by atoms with Gasteiger partial charge in [0.1, 0.15) is 0 Å². The molecule has 3 heterocycles. The molecule has 2 aliphatic rings. The van der Waals surface area contributed by atoms with Crippen LogP contribution in [0.15, 0.2) is 62.3 Å². The Morgan fingerprint density at radius 1 is 1.17 bits per heavy atom. The van der Waals surface area contributed by atoms with Crippen molar-refractivity contribution in [3.05, 3.63) is 58.3 Å². The standard InChI is InChI=1S/C17H14BrN5O/c18-11-4-5-15-13(7-11)17(14-3-1-2-6-19-14)20-8-16-22-21-12(10-24)9-23(15)16/h1-7,24H,8-10H2. The van der Waals surface area contributed by atoms with Crippen LogP contribution in [-0.4, -0.2) is 47.0 Å². The highest BCUT2D eigenvalue weighted by atomic mass is 79.9. The number of aliphatic imine (C=N–C) groups is 1. The number of hydrogen-bond donors (Lipinski definition) is 1. The molecule has 0 amide bonds. The van der Waals surface area contributed by atoms with E-state index in [0.717, 1.165) is 33.0 Å². The van der Waals surface area contributed by atoms with Gasteiger partial charge in [-0.05, 0) is 30.3 Å². The van der Waals surface area contributed by atoms with Crippen LogP contribution in [0.5, 0.6) is 0 Å². The number of anilines is 1. The van der Waals surface area contributed by atoms with Gasteiger partial charge in [0.05, 0.1) is 42.5 Å². The third-order valence-electron chi connectivity index (χ3n) is 3.93. The van der Waals surface area contributed by atoms with E-state index in [2.05, 4.69) is 36.0 Å². The molecule has 1 N–H and O–H groups in total. The predicted molar refractivity (Wildman–Crippen MR) is 98.2 cm³/mol. The molecule has 0 aliphatic carbocycles. The molecule has 0 unspecified atom stereocenters. The Morgan fingerprint density at radius 3 is 2.88 bits per heavy atom. The molecule has 0 spiro atoms. The zero-order chi connectivity index (χ0) is 16.5. The summed E-state index contributed by atoms with van der Waals surface area (Å²) in [6, 6.07) is 11.8. The monoisotopic (exact) mass is 383 g/mol. The van der Waals surface area contributed by atoms with Gasteiger partial charge in [0.2, 0.25) is 0 Å². The lowest BCUT2D eigenvalue weighted by Gasteiger charge is -2.27. The number of fused-ring (bicyclic) bond motifs is 3. The van der Waals surface area contributed by atoms with Crippen LogP contribution in [0, 0.1) is 0 Å². The molecule has 4 rings (SSSR count). The third-order valence-corrected chi connectivity index (χ3v) is 4.43. The van der Waals surface area contributed by atoms with Crippen LogP contribution >= 0.6 is 15.9 Å². The van der Waals surface area contributed by atoms with E-state index in [1.165, 1.54) is 0 Å². The topological polar surface area (TPSA) is 73.4 Å². The molecular weight excluding hydrogens is 370 g/mol. The summed E-state index contributed by atoms with van der Waals surface area (Å²) in [5.41, 5.74) is 4.25. The minimum atomic E-state index is -0.104. The molecule has 0 fully saturated rings. The van der Waals surface area contributed by atoms with Crippen molar-refractivity contribution in [2.45, 2.75) is 0 Å². The van der Waals surface area contributed by atoms with Gasteiger partial charge in [-0.2, -0.15) is 5.10 Å². The molecular formula is C17H14BrN5O. The Morgan fingerprint density at radius 2 is 2.08 bits per heavy atom. The quantitative estimate of drug-likeness (QED) is 0.864. The number of halogens is 1. The number of benzene rings is 1. The molecule has 2 aliphatic heterocycles. The molecule has 120 valence electrons. The number of nitrogens with zero attached hydrogens (tertiary/aromatic N) is 5. The van der Waals surface area contributed by atoms with E-state index in [1.54, 1.807) is 6.20 Å². The van der Waals surface area contributed by atoms with Gasteiger partial charge in [-0.15, -0.1) is 5.10 Å². The van der Waals surface area contributed by atoms with Crippen molar-refractivity contribution in [1.29, 1.82) is 0 Å². The maximum Gasteiger partial charge on any atom is 0.154 e. The van der Waals surface area contributed by atoms with E-state index in [0.29, 0.717) is 18.8 Å². The average Bonchev–Trinajstić information content (AvgIpc) is 2.78. The molecule has 0 radical (unpaired) electrons. The van der Waals surface area contributed by atoms with Crippen molar-refractivity contribution in [3.8, 4) is 0 Å². The molecule has 0 saturated carbocycles. The molecule has 24 heavy (non-hydrogen) atoms. The lowest BCUT2D eigenvalue weighted by atomic mass is 10.0.